The molecule has 2 saturated carbocycles. The van der Waals surface area contributed by atoms with Gasteiger partial charge < -0.3 is 15.8 Å². The molecule has 4 rings (SSSR count). The summed E-state index contributed by atoms with van der Waals surface area (Å²) >= 11 is 0. The maximum atomic E-state index is 12.6. The summed E-state index contributed by atoms with van der Waals surface area (Å²) in [5, 5.41) is 7.62. The fraction of sp³-hybridized carbons (Fsp3) is 0.600. The van der Waals surface area contributed by atoms with Gasteiger partial charge in [-0.05, 0) is 50.7 Å². The van der Waals surface area contributed by atoms with Gasteiger partial charge in [-0.15, -0.1) is 0 Å². The predicted molar refractivity (Wildman–Crippen MR) is 104 cm³/mol. The van der Waals surface area contributed by atoms with Gasteiger partial charge in [0, 0.05) is 35.5 Å². The second kappa shape index (κ2) is 8.05. The van der Waals surface area contributed by atoms with Crippen molar-refractivity contribution in [1.29, 1.82) is 0 Å². The van der Waals surface area contributed by atoms with E-state index in [4.69, 9.17) is 5.73 Å². The third-order valence-corrected chi connectivity index (χ3v) is 5.99. The highest BCUT2D eigenvalue weighted by Gasteiger charge is 2.57. The Balaban J connectivity index is 1.54. The zero-order valence-electron chi connectivity index (χ0n) is 16.7. The summed E-state index contributed by atoms with van der Waals surface area (Å²) in [6.07, 6.45) is 0.894. The van der Waals surface area contributed by atoms with E-state index in [1.807, 2.05) is 24.6 Å². The van der Waals surface area contributed by atoms with Crippen molar-refractivity contribution in [3.63, 3.8) is 0 Å². The molecule has 2 aliphatic carbocycles. The van der Waals surface area contributed by atoms with Gasteiger partial charge >= 0.3 is 6.61 Å². The molecule has 0 aromatic carbocycles. The Morgan fingerprint density at radius 3 is 2.50 bits per heavy atom. The molecule has 2 fully saturated rings. The van der Waals surface area contributed by atoms with Crippen LogP contribution in [0.1, 0.15) is 44.3 Å². The minimum absolute atomic E-state index is 0.110. The molecule has 0 saturated heterocycles. The second-order valence-corrected chi connectivity index (χ2v) is 8.30. The molecular weight excluding hydrogens is 402 g/mol. The minimum Gasteiger partial charge on any atom is -0.431 e. The fourth-order valence-corrected chi connectivity index (χ4v) is 4.70. The third-order valence-electron chi connectivity index (χ3n) is 5.99. The van der Waals surface area contributed by atoms with Gasteiger partial charge in [0.1, 0.15) is 0 Å². The normalized spacial score (nSPS) is 25.4. The molecular formula is C20H25F4N5O. The topological polar surface area (TPSA) is 78.0 Å². The maximum absolute atomic E-state index is 12.6. The van der Waals surface area contributed by atoms with Gasteiger partial charge in [-0.25, -0.2) is 13.8 Å². The number of nitrogens with two attached hydrogens (primary N) is 1. The van der Waals surface area contributed by atoms with Crippen molar-refractivity contribution in [3.8, 4) is 17.0 Å². The van der Waals surface area contributed by atoms with Gasteiger partial charge in [-0.2, -0.15) is 13.9 Å². The molecule has 2 aromatic rings. The number of nitrogens with one attached hydrogen (secondary N) is 1. The molecule has 4 atom stereocenters. The lowest BCUT2D eigenvalue weighted by Gasteiger charge is -2.17. The van der Waals surface area contributed by atoms with E-state index in [9.17, 15) is 17.6 Å². The van der Waals surface area contributed by atoms with Gasteiger partial charge in [0.2, 0.25) is 0 Å². The Labute approximate surface area is 171 Å². The number of halogens is 4. The highest BCUT2D eigenvalue weighted by Crippen LogP contribution is 2.63. The van der Waals surface area contributed by atoms with Crippen molar-refractivity contribution >= 4 is 5.82 Å². The molecule has 164 valence electrons. The lowest BCUT2D eigenvalue weighted by molar-refractivity contribution is -0.0494. The molecule has 3 N–H and O–H groups in total. The van der Waals surface area contributed by atoms with Gasteiger partial charge in [0.25, 0.3) is 6.43 Å². The van der Waals surface area contributed by atoms with Crippen LogP contribution >= 0.6 is 0 Å². The summed E-state index contributed by atoms with van der Waals surface area (Å²) < 4.78 is 56.5. The maximum Gasteiger partial charge on any atom is 0.387 e. The van der Waals surface area contributed by atoms with Crippen LogP contribution in [-0.2, 0) is 0 Å². The summed E-state index contributed by atoms with van der Waals surface area (Å²) in [7, 11) is 0. The summed E-state index contributed by atoms with van der Waals surface area (Å²) in [5.41, 5.74) is 7.86. The van der Waals surface area contributed by atoms with Crippen molar-refractivity contribution in [2.45, 2.75) is 57.7 Å². The first-order valence-corrected chi connectivity index (χ1v) is 10.1. The van der Waals surface area contributed by atoms with Gasteiger partial charge in [0.05, 0.1) is 12.2 Å². The van der Waals surface area contributed by atoms with Crippen LogP contribution < -0.4 is 15.8 Å². The summed E-state index contributed by atoms with van der Waals surface area (Å²) in [4.78, 5) is 3.96. The first-order chi connectivity index (χ1) is 14.2. The number of nitrogen functional groups attached to an aromatic ring is 1. The summed E-state index contributed by atoms with van der Waals surface area (Å²) in [6.45, 7) is 0.789. The number of alkyl halides is 4. The number of ether oxygens (including phenoxy) is 1. The second-order valence-electron chi connectivity index (χ2n) is 8.30. The lowest BCUT2D eigenvalue weighted by atomic mass is 10.0. The molecule has 2 aromatic heterocycles. The van der Waals surface area contributed by atoms with Crippen LogP contribution in [0.2, 0.25) is 0 Å². The number of anilines is 1. The molecule has 0 unspecified atom stereocenters. The summed E-state index contributed by atoms with van der Waals surface area (Å²) in [5.74, 6) is 0.937. The Morgan fingerprint density at radius 2 is 1.90 bits per heavy atom. The first kappa shape index (κ1) is 20.9. The van der Waals surface area contributed by atoms with Gasteiger partial charge in [-0.1, -0.05) is 0 Å². The number of hydrogen-bond donors (Lipinski definition) is 2. The molecule has 10 heteroatoms. The zero-order valence-corrected chi connectivity index (χ0v) is 16.7. The number of rotatable bonds is 8. The SMILES string of the molecule is CC(C)n1nc(-c2cnc(N)c(OC(F)F)c2)cc1[C@H]1[C@@H]2C[C@@H](NCC(F)F)C[C@@H]21. The number of fused-ring (bicyclic) bond motifs is 1. The van der Waals surface area contributed by atoms with Crippen molar-refractivity contribution in [2.24, 2.45) is 11.8 Å². The van der Waals surface area contributed by atoms with Gasteiger partial charge in [-0.3, -0.25) is 4.68 Å². The lowest BCUT2D eigenvalue weighted by Crippen LogP contribution is -2.32. The van der Waals surface area contributed by atoms with Crippen molar-refractivity contribution in [2.75, 3.05) is 12.3 Å². The number of pyridine rings is 1. The highest BCUT2D eigenvalue weighted by atomic mass is 19.3. The van der Waals surface area contributed by atoms with Crippen LogP contribution in [-0.4, -0.2) is 40.4 Å². The van der Waals surface area contributed by atoms with E-state index >= 15 is 0 Å². The molecule has 6 nitrogen and oxygen atoms in total. The smallest absolute Gasteiger partial charge is 0.387 e. The predicted octanol–water partition coefficient (Wildman–Crippen LogP) is 4.06. The third kappa shape index (κ3) is 4.10. The van der Waals surface area contributed by atoms with Crippen LogP contribution in [0, 0.1) is 11.8 Å². The molecule has 0 aliphatic heterocycles. The summed E-state index contributed by atoms with van der Waals surface area (Å²) in [6, 6.07) is 3.63. The monoisotopic (exact) mass is 427 g/mol. The van der Waals surface area contributed by atoms with E-state index in [0.29, 0.717) is 29.0 Å². The van der Waals surface area contributed by atoms with E-state index < -0.39 is 13.0 Å². The van der Waals surface area contributed by atoms with E-state index in [0.717, 1.165) is 18.5 Å². The number of aromatic nitrogens is 3. The van der Waals surface area contributed by atoms with Crippen LogP contribution in [0.25, 0.3) is 11.3 Å². The zero-order chi connectivity index (χ0) is 21.6. The molecule has 2 aliphatic rings. The highest BCUT2D eigenvalue weighted by molar-refractivity contribution is 5.64. The quantitative estimate of drug-likeness (QED) is 0.622. The first-order valence-electron chi connectivity index (χ1n) is 10.1. The van der Waals surface area contributed by atoms with Crippen LogP contribution in [0.4, 0.5) is 23.4 Å². The molecule has 2 heterocycles. The van der Waals surface area contributed by atoms with E-state index in [1.54, 1.807) is 0 Å². The van der Waals surface area contributed by atoms with E-state index in [1.165, 1.54) is 12.3 Å². The molecule has 0 bridgehead atoms. The fourth-order valence-electron chi connectivity index (χ4n) is 4.70. The average Bonchev–Trinajstić information content (AvgIpc) is 3.04. The molecule has 0 spiro atoms. The van der Waals surface area contributed by atoms with Gasteiger partial charge in [0.15, 0.2) is 11.6 Å². The minimum atomic E-state index is -2.99. The Bertz CT molecular complexity index is 891. The molecule has 30 heavy (non-hydrogen) atoms. The van der Waals surface area contributed by atoms with E-state index in [-0.39, 0.29) is 30.2 Å². The Hall–Kier alpha value is -2.36. The van der Waals surface area contributed by atoms with Crippen LogP contribution in [0.5, 0.6) is 5.75 Å². The Morgan fingerprint density at radius 1 is 1.20 bits per heavy atom. The Kier molecular flexibility index (Phi) is 5.61. The number of nitrogens with zero attached hydrogens (tertiary/aromatic N) is 3. The van der Waals surface area contributed by atoms with Crippen molar-refractivity contribution < 1.29 is 22.3 Å². The molecule has 0 radical (unpaired) electrons. The van der Waals surface area contributed by atoms with Crippen LogP contribution in [0.15, 0.2) is 18.3 Å². The standard InChI is InChI=1S/C20H25F4N5O/c1-9(2)29-15(18-12-4-11(5-13(12)18)26-8-17(21)22)6-14(28-29)10-3-16(30-20(23)24)19(25)27-7-10/h3,6-7,9,11-13,17-18,20,26H,4-5,8H2,1-2H3,(H2,25,27)/t11-,12-,13+,18+. The largest absolute Gasteiger partial charge is 0.431 e. The average molecular weight is 427 g/mol. The molecule has 0 amide bonds. The van der Waals surface area contributed by atoms with Crippen molar-refractivity contribution in [3.05, 3.63) is 24.0 Å². The number of hydrogen-bond acceptors (Lipinski definition) is 5. The van der Waals surface area contributed by atoms with Crippen molar-refractivity contribution in [1.82, 2.24) is 20.1 Å². The van der Waals surface area contributed by atoms with E-state index in [2.05, 4.69) is 20.1 Å². The van der Waals surface area contributed by atoms with Crippen LogP contribution in [0.3, 0.4) is 0 Å².